The van der Waals surface area contributed by atoms with Gasteiger partial charge in [-0.05, 0) is 42.7 Å². The van der Waals surface area contributed by atoms with Crippen LogP contribution in [0.15, 0.2) is 71.8 Å². The smallest absolute Gasteiger partial charge is 0.163 e. The molecular formula is C22H19N3O2S. The van der Waals surface area contributed by atoms with Gasteiger partial charge in [-0.1, -0.05) is 18.2 Å². The summed E-state index contributed by atoms with van der Waals surface area (Å²) >= 11 is 1.73. The second-order valence-corrected chi connectivity index (χ2v) is 7.33. The Morgan fingerprint density at radius 2 is 1.79 bits per heavy atom. The highest BCUT2D eigenvalue weighted by Crippen LogP contribution is 2.36. The minimum absolute atomic E-state index is 0.569. The van der Waals surface area contributed by atoms with Crippen LogP contribution in [0.1, 0.15) is 0 Å². The number of nitrogens with one attached hydrogen (secondary N) is 1. The van der Waals surface area contributed by atoms with E-state index in [0.29, 0.717) is 13.2 Å². The quantitative estimate of drug-likeness (QED) is 0.484. The van der Waals surface area contributed by atoms with Crippen molar-refractivity contribution in [3.63, 3.8) is 0 Å². The first kappa shape index (κ1) is 17.0. The van der Waals surface area contributed by atoms with E-state index in [1.165, 1.54) is 4.90 Å². The average molecular weight is 389 g/mol. The fraction of sp³-hybridized carbons (Fsp3) is 0.136. The Labute approximate surface area is 167 Å². The molecule has 1 aliphatic rings. The first-order chi connectivity index (χ1) is 13.8. The molecule has 0 saturated carbocycles. The first-order valence-electron chi connectivity index (χ1n) is 9.10. The lowest BCUT2D eigenvalue weighted by atomic mass is 10.1. The van der Waals surface area contributed by atoms with Gasteiger partial charge in [0, 0.05) is 28.4 Å². The summed E-state index contributed by atoms with van der Waals surface area (Å²) < 4.78 is 13.4. The van der Waals surface area contributed by atoms with Gasteiger partial charge in [-0.15, -0.1) is 11.8 Å². The summed E-state index contributed by atoms with van der Waals surface area (Å²) in [5, 5.41) is 3.53. The zero-order chi connectivity index (χ0) is 18.9. The molecule has 6 heteroatoms. The lowest BCUT2D eigenvalue weighted by Gasteiger charge is -2.19. The van der Waals surface area contributed by atoms with E-state index in [1.807, 2.05) is 42.6 Å². The zero-order valence-corrected chi connectivity index (χ0v) is 16.2. The second-order valence-electron chi connectivity index (χ2n) is 6.45. The van der Waals surface area contributed by atoms with E-state index in [1.54, 1.807) is 11.8 Å². The van der Waals surface area contributed by atoms with Crippen molar-refractivity contribution < 1.29 is 9.47 Å². The van der Waals surface area contributed by atoms with Crippen LogP contribution in [0.4, 0.5) is 11.5 Å². The minimum atomic E-state index is 0.569. The van der Waals surface area contributed by atoms with Gasteiger partial charge in [0.25, 0.3) is 0 Å². The Balaban J connectivity index is 1.59. The highest BCUT2D eigenvalue weighted by atomic mass is 32.2. The predicted octanol–water partition coefficient (Wildman–Crippen LogP) is 5.24. The largest absolute Gasteiger partial charge is 0.486 e. The van der Waals surface area contributed by atoms with Crippen LogP contribution in [0.2, 0.25) is 0 Å². The summed E-state index contributed by atoms with van der Waals surface area (Å²) in [6.07, 6.45) is 4.09. The maximum atomic E-state index is 5.72. The molecule has 4 aromatic rings. The van der Waals surface area contributed by atoms with Crippen molar-refractivity contribution in [2.45, 2.75) is 4.90 Å². The lowest BCUT2D eigenvalue weighted by Crippen LogP contribution is -2.15. The number of anilines is 2. The summed E-state index contributed by atoms with van der Waals surface area (Å²) in [4.78, 5) is 6.09. The van der Waals surface area contributed by atoms with Crippen molar-refractivity contribution >= 4 is 28.9 Å². The molecule has 5 nitrogen and oxygen atoms in total. The minimum Gasteiger partial charge on any atom is -0.486 e. The number of imidazole rings is 1. The monoisotopic (exact) mass is 389 g/mol. The van der Waals surface area contributed by atoms with Crippen LogP contribution in [0.25, 0.3) is 16.9 Å². The van der Waals surface area contributed by atoms with Crippen molar-refractivity contribution in [3.05, 3.63) is 66.9 Å². The average Bonchev–Trinajstić information content (AvgIpc) is 3.12. The first-order valence-corrected chi connectivity index (χ1v) is 10.3. The van der Waals surface area contributed by atoms with E-state index >= 15 is 0 Å². The SMILES string of the molecule is CSc1ccc(-c2nc3ccccn3c2Nc2ccc3c(c2)OCCO3)cc1. The Bertz CT molecular complexity index is 1140. The molecule has 28 heavy (non-hydrogen) atoms. The van der Waals surface area contributed by atoms with Gasteiger partial charge in [0.1, 0.15) is 30.4 Å². The molecule has 3 heterocycles. The third-order valence-electron chi connectivity index (χ3n) is 4.70. The Hall–Kier alpha value is -3.12. The van der Waals surface area contributed by atoms with Crippen molar-refractivity contribution in [1.82, 2.24) is 9.38 Å². The highest BCUT2D eigenvalue weighted by molar-refractivity contribution is 7.98. The molecule has 0 aliphatic carbocycles. The molecule has 0 saturated heterocycles. The van der Waals surface area contributed by atoms with Crippen molar-refractivity contribution in [3.8, 4) is 22.8 Å². The molecular weight excluding hydrogens is 370 g/mol. The third kappa shape index (κ3) is 3.05. The van der Waals surface area contributed by atoms with Gasteiger partial charge in [0.2, 0.25) is 0 Å². The van der Waals surface area contributed by atoms with E-state index in [9.17, 15) is 0 Å². The summed E-state index contributed by atoms with van der Waals surface area (Å²) in [7, 11) is 0. The van der Waals surface area contributed by atoms with Gasteiger partial charge in [0.05, 0.1) is 0 Å². The third-order valence-corrected chi connectivity index (χ3v) is 5.44. The number of pyridine rings is 1. The van der Waals surface area contributed by atoms with Gasteiger partial charge in [0.15, 0.2) is 11.5 Å². The summed E-state index contributed by atoms with van der Waals surface area (Å²) in [5.41, 5.74) is 3.80. The van der Waals surface area contributed by atoms with Crippen LogP contribution in [-0.2, 0) is 0 Å². The van der Waals surface area contributed by atoms with Crippen LogP contribution in [0, 0.1) is 0 Å². The van der Waals surface area contributed by atoms with Gasteiger partial charge < -0.3 is 14.8 Å². The van der Waals surface area contributed by atoms with Gasteiger partial charge in [-0.3, -0.25) is 4.40 Å². The van der Waals surface area contributed by atoms with Crippen molar-refractivity contribution in [2.75, 3.05) is 24.8 Å². The van der Waals surface area contributed by atoms with Crippen LogP contribution >= 0.6 is 11.8 Å². The Morgan fingerprint density at radius 1 is 0.964 bits per heavy atom. The van der Waals surface area contributed by atoms with E-state index in [4.69, 9.17) is 14.5 Å². The highest BCUT2D eigenvalue weighted by Gasteiger charge is 2.16. The normalized spacial score (nSPS) is 12.9. The standard InChI is InChI=1S/C22H19N3O2S/c1-28-17-8-5-15(6-9-17)21-22(25-11-3-2-4-20(25)24-21)23-16-7-10-18-19(14-16)27-13-12-26-18/h2-11,14,23H,12-13H2,1H3. The van der Waals surface area contributed by atoms with Crippen LogP contribution in [0.5, 0.6) is 11.5 Å². The summed E-state index contributed by atoms with van der Waals surface area (Å²) in [6, 6.07) is 20.4. The molecule has 0 bridgehead atoms. The van der Waals surface area contributed by atoms with E-state index in [0.717, 1.165) is 39.9 Å². The molecule has 2 aromatic carbocycles. The molecule has 0 radical (unpaired) electrons. The van der Waals surface area contributed by atoms with Gasteiger partial charge in [-0.2, -0.15) is 0 Å². The number of ether oxygens (including phenoxy) is 2. The molecule has 0 fully saturated rings. The fourth-order valence-electron chi connectivity index (χ4n) is 3.32. The molecule has 0 amide bonds. The number of fused-ring (bicyclic) bond motifs is 2. The zero-order valence-electron chi connectivity index (χ0n) is 15.4. The Kier molecular flexibility index (Phi) is 4.33. The number of thioether (sulfide) groups is 1. The van der Waals surface area contributed by atoms with Crippen LogP contribution < -0.4 is 14.8 Å². The van der Waals surface area contributed by atoms with E-state index in [-0.39, 0.29) is 0 Å². The maximum absolute atomic E-state index is 5.72. The van der Waals surface area contributed by atoms with Crippen molar-refractivity contribution in [1.29, 1.82) is 0 Å². The fourth-order valence-corrected chi connectivity index (χ4v) is 3.73. The van der Waals surface area contributed by atoms with Crippen LogP contribution in [-0.4, -0.2) is 28.9 Å². The van der Waals surface area contributed by atoms with Gasteiger partial charge >= 0.3 is 0 Å². The predicted molar refractivity (Wildman–Crippen MR) is 113 cm³/mol. The van der Waals surface area contributed by atoms with Crippen LogP contribution in [0.3, 0.4) is 0 Å². The molecule has 1 aliphatic heterocycles. The molecule has 0 spiro atoms. The molecule has 0 unspecified atom stereocenters. The van der Waals surface area contributed by atoms with E-state index < -0.39 is 0 Å². The number of benzene rings is 2. The summed E-state index contributed by atoms with van der Waals surface area (Å²) in [5.74, 6) is 2.46. The number of nitrogens with zero attached hydrogens (tertiary/aromatic N) is 2. The Morgan fingerprint density at radius 3 is 2.61 bits per heavy atom. The summed E-state index contributed by atoms with van der Waals surface area (Å²) in [6.45, 7) is 1.16. The molecule has 140 valence electrons. The van der Waals surface area contributed by atoms with E-state index in [2.05, 4.69) is 40.2 Å². The topological polar surface area (TPSA) is 47.8 Å². The molecule has 5 rings (SSSR count). The number of aromatic nitrogens is 2. The van der Waals surface area contributed by atoms with Crippen molar-refractivity contribution in [2.24, 2.45) is 0 Å². The number of hydrogen-bond donors (Lipinski definition) is 1. The lowest BCUT2D eigenvalue weighted by molar-refractivity contribution is 0.171. The molecule has 0 atom stereocenters. The molecule has 2 aromatic heterocycles. The van der Waals surface area contributed by atoms with Gasteiger partial charge in [-0.25, -0.2) is 4.98 Å². The maximum Gasteiger partial charge on any atom is 0.163 e. The molecule has 1 N–H and O–H groups in total. The number of rotatable bonds is 4. The second kappa shape index (κ2) is 7.13. The number of hydrogen-bond acceptors (Lipinski definition) is 5.